The zero-order valence-corrected chi connectivity index (χ0v) is 16.4. The van der Waals surface area contributed by atoms with Gasteiger partial charge in [-0.25, -0.2) is 4.68 Å². The normalized spacial score (nSPS) is 19.2. The van der Waals surface area contributed by atoms with Crippen molar-refractivity contribution in [3.05, 3.63) is 86.3 Å². The predicted molar refractivity (Wildman–Crippen MR) is 107 cm³/mol. The van der Waals surface area contributed by atoms with E-state index in [4.69, 9.17) is 26.2 Å². The zero-order chi connectivity index (χ0) is 20.3. The Balaban J connectivity index is 1.77. The molecule has 1 atom stereocenters. The zero-order valence-electron chi connectivity index (χ0n) is 15.7. The van der Waals surface area contributed by atoms with Crippen molar-refractivity contribution in [2.24, 2.45) is 0 Å². The van der Waals surface area contributed by atoms with Crippen LogP contribution in [0, 0.1) is 17.0 Å². The number of non-ortho nitro benzene ring substituents is 1. The molecule has 0 saturated heterocycles. The molecule has 8 heteroatoms. The first-order chi connectivity index (χ1) is 13.9. The fourth-order valence-electron chi connectivity index (χ4n) is 4.17. The number of nitrogens with zero attached hydrogens (tertiary/aromatic N) is 3. The van der Waals surface area contributed by atoms with Gasteiger partial charge in [0.1, 0.15) is 12.4 Å². The number of aromatic nitrogens is 2. The Morgan fingerprint density at radius 1 is 1.28 bits per heavy atom. The average Bonchev–Trinajstić information content (AvgIpc) is 3.05. The van der Waals surface area contributed by atoms with Crippen LogP contribution in [0.3, 0.4) is 0 Å². The first kappa shape index (κ1) is 17.8. The SMILES string of the molecule is Cc1nn(-c2cccc(Cl)c2)c2c1C1(C)C(=CO2)COc2ccc([N+](=O)[O-])cc21. The second-order valence-corrected chi connectivity index (χ2v) is 7.71. The van der Waals surface area contributed by atoms with Gasteiger partial charge in [0.25, 0.3) is 5.69 Å². The minimum Gasteiger partial charge on any atom is -0.489 e. The Hall–Kier alpha value is -3.32. The van der Waals surface area contributed by atoms with E-state index in [1.54, 1.807) is 29.1 Å². The van der Waals surface area contributed by atoms with Crippen molar-refractivity contribution in [3.63, 3.8) is 0 Å². The molecule has 0 spiro atoms. The second kappa shape index (κ2) is 6.09. The van der Waals surface area contributed by atoms with Crippen LogP contribution in [0.25, 0.3) is 5.69 Å². The van der Waals surface area contributed by atoms with Crippen molar-refractivity contribution in [3.8, 4) is 17.3 Å². The van der Waals surface area contributed by atoms with E-state index in [2.05, 4.69) is 0 Å². The summed E-state index contributed by atoms with van der Waals surface area (Å²) in [6.07, 6.45) is 1.66. The maximum absolute atomic E-state index is 11.4. The number of nitro benzene ring substituents is 1. The van der Waals surface area contributed by atoms with E-state index in [1.807, 2.05) is 32.0 Å². The van der Waals surface area contributed by atoms with Gasteiger partial charge in [0.15, 0.2) is 0 Å². The molecule has 0 amide bonds. The van der Waals surface area contributed by atoms with Crippen molar-refractivity contribution >= 4 is 17.3 Å². The molecule has 0 bridgehead atoms. The van der Waals surface area contributed by atoms with Crippen LogP contribution in [0.15, 0.2) is 54.3 Å². The summed E-state index contributed by atoms with van der Waals surface area (Å²) in [5.74, 6) is 1.19. The lowest BCUT2D eigenvalue weighted by Gasteiger charge is -2.40. The molecule has 1 aromatic heterocycles. The van der Waals surface area contributed by atoms with E-state index in [0.29, 0.717) is 23.3 Å². The van der Waals surface area contributed by atoms with Crippen LogP contribution in [0.1, 0.15) is 23.7 Å². The van der Waals surface area contributed by atoms with E-state index < -0.39 is 10.3 Å². The highest BCUT2D eigenvalue weighted by Crippen LogP contribution is 2.53. The summed E-state index contributed by atoms with van der Waals surface area (Å²) in [7, 11) is 0. The molecule has 0 saturated carbocycles. The third-order valence-electron chi connectivity index (χ3n) is 5.62. The van der Waals surface area contributed by atoms with Crippen LogP contribution in [0.5, 0.6) is 11.6 Å². The molecular weight excluding hydrogens is 394 g/mol. The maximum Gasteiger partial charge on any atom is 0.270 e. The fraction of sp³-hybridized carbons (Fsp3) is 0.190. The van der Waals surface area contributed by atoms with Crippen molar-refractivity contribution in [2.45, 2.75) is 19.3 Å². The molecule has 2 aromatic carbocycles. The lowest BCUT2D eigenvalue weighted by molar-refractivity contribution is -0.385. The maximum atomic E-state index is 11.4. The highest BCUT2D eigenvalue weighted by molar-refractivity contribution is 6.30. The van der Waals surface area contributed by atoms with Crippen molar-refractivity contribution < 1.29 is 14.4 Å². The van der Waals surface area contributed by atoms with Gasteiger partial charge in [0.2, 0.25) is 5.88 Å². The molecular formula is C21H16ClN3O4. The molecule has 0 aliphatic carbocycles. The number of hydrogen-bond donors (Lipinski definition) is 0. The number of rotatable bonds is 2. The highest BCUT2D eigenvalue weighted by Gasteiger charge is 2.47. The Kier molecular flexibility index (Phi) is 3.73. The minimum atomic E-state index is -0.659. The molecule has 0 fully saturated rings. The summed E-state index contributed by atoms with van der Waals surface area (Å²) in [6.45, 7) is 4.27. The number of hydrogen-bond acceptors (Lipinski definition) is 5. The molecule has 3 aromatic rings. The third kappa shape index (κ3) is 2.47. The van der Waals surface area contributed by atoms with E-state index in [9.17, 15) is 10.1 Å². The van der Waals surface area contributed by atoms with Gasteiger partial charge in [-0.2, -0.15) is 5.10 Å². The van der Waals surface area contributed by atoms with Gasteiger partial charge >= 0.3 is 0 Å². The summed E-state index contributed by atoms with van der Waals surface area (Å²) in [5, 5.41) is 16.7. The second-order valence-electron chi connectivity index (χ2n) is 7.27. The third-order valence-corrected chi connectivity index (χ3v) is 5.86. The van der Waals surface area contributed by atoms with Crippen molar-refractivity contribution in [1.82, 2.24) is 9.78 Å². The monoisotopic (exact) mass is 409 g/mol. The van der Waals surface area contributed by atoms with E-state index >= 15 is 0 Å². The Morgan fingerprint density at radius 3 is 2.86 bits per heavy atom. The smallest absolute Gasteiger partial charge is 0.270 e. The lowest BCUT2D eigenvalue weighted by Crippen LogP contribution is -2.37. The molecule has 3 heterocycles. The molecule has 146 valence electrons. The summed E-state index contributed by atoms with van der Waals surface area (Å²) in [6, 6.07) is 12.0. The van der Waals surface area contributed by atoms with Gasteiger partial charge in [0.05, 0.1) is 33.5 Å². The van der Waals surface area contributed by atoms with Crippen molar-refractivity contribution in [2.75, 3.05) is 6.61 Å². The van der Waals surface area contributed by atoms with Crippen LogP contribution < -0.4 is 9.47 Å². The van der Waals surface area contributed by atoms with Gasteiger partial charge in [-0.1, -0.05) is 17.7 Å². The van der Waals surface area contributed by atoms with Crippen molar-refractivity contribution in [1.29, 1.82) is 0 Å². The first-order valence-electron chi connectivity index (χ1n) is 9.03. The van der Waals surface area contributed by atoms with Gasteiger partial charge in [-0.15, -0.1) is 0 Å². The van der Waals surface area contributed by atoms with Crippen LogP contribution in [-0.4, -0.2) is 21.3 Å². The lowest BCUT2D eigenvalue weighted by atomic mass is 9.68. The van der Waals surface area contributed by atoms with Gasteiger partial charge in [-0.05, 0) is 38.1 Å². The van der Waals surface area contributed by atoms with Crippen LogP contribution >= 0.6 is 11.6 Å². The van der Waals surface area contributed by atoms with Crippen LogP contribution in [-0.2, 0) is 5.41 Å². The van der Waals surface area contributed by atoms with Gasteiger partial charge in [-0.3, -0.25) is 10.1 Å². The number of aryl methyl sites for hydroxylation is 1. The number of fused-ring (bicyclic) bond motifs is 5. The molecule has 5 rings (SSSR count). The number of benzene rings is 2. The number of nitro groups is 1. The fourth-order valence-corrected chi connectivity index (χ4v) is 4.35. The molecule has 2 aliphatic heterocycles. The Morgan fingerprint density at radius 2 is 2.10 bits per heavy atom. The van der Waals surface area contributed by atoms with E-state index in [0.717, 1.165) is 28.1 Å². The minimum absolute atomic E-state index is 0.0164. The molecule has 0 radical (unpaired) electrons. The Bertz CT molecular complexity index is 1220. The molecule has 7 nitrogen and oxygen atoms in total. The quantitative estimate of drug-likeness (QED) is 0.452. The summed E-state index contributed by atoms with van der Waals surface area (Å²) >= 11 is 6.16. The summed E-state index contributed by atoms with van der Waals surface area (Å²) in [5.41, 5.74) is 3.37. The molecule has 1 unspecified atom stereocenters. The van der Waals surface area contributed by atoms with Gasteiger partial charge in [0, 0.05) is 28.3 Å². The first-order valence-corrected chi connectivity index (χ1v) is 9.41. The average molecular weight is 410 g/mol. The topological polar surface area (TPSA) is 79.4 Å². The highest BCUT2D eigenvalue weighted by atomic mass is 35.5. The predicted octanol–water partition coefficient (Wildman–Crippen LogP) is 4.72. The number of halogens is 1. The molecule has 2 aliphatic rings. The summed E-state index contributed by atoms with van der Waals surface area (Å²) in [4.78, 5) is 11.0. The standard InChI is InChI=1S/C21H16ClN3O4/c1-12-19-20(24(23-12)15-5-3-4-14(22)8-15)29-11-13-10-28-18-7-6-16(25(26)27)9-17(18)21(13,19)2/h3-9,11H,10H2,1-2H3. The van der Waals surface area contributed by atoms with Gasteiger partial charge < -0.3 is 9.47 Å². The Labute approximate surface area is 171 Å². The van der Waals surface area contributed by atoms with E-state index in [1.165, 1.54) is 6.07 Å². The summed E-state index contributed by atoms with van der Waals surface area (Å²) < 4.78 is 13.5. The molecule has 0 N–H and O–H groups in total. The van der Waals surface area contributed by atoms with E-state index in [-0.39, 0.29) is 5.69 Å². The number of ether oxygens (including phenoxy) is 2. The molecule has 29 heavy (non-hydrogen) atoms. The largest absolute Gasteiger partial charge is 0.489 e. The van der Waals surface area contributed by atoms with Crippen LogP contribution in [0.4, 0.5) is 5.69 Å². The van der Waals surface area contributed by atoms with Crippen LogP contribution in [0.2, 0.25) is 5.02 Å².